The fraction of sp³-hybridized carbons (Fsp3) is 0. The van der Waals surface area contributed by atoms with Gasteiger partial charge in [-0.05, 0) is 198 Å². The largest absolute Gasteiger partial charge is 0.456 e. The van der Waals surface area contributed by atoms with Crippen molar-refractivity contribution in [3.63, 3.8) is 0 Å². The Morgan fingerprint density at radius 3 is 1.21 bits per heavy atom. The van der Waals surface area contributed by atoms with Gasteiger partial charge >= 0.3 is 0 Å². The Hall–Kier alpha value is -13.3. The minimum Gasteiger partial charge on any atom is -0.456 e. The molecule has 0 saturated heterocycles. The van der Waals surface area contributed by atoms with Crippen LogP contribution in [-0.2, 0) is 0 Å². The number of benzene rings is 18. The molecule has 0 N–H and O–H groups in total. The Morgan fingerprint density at radius 2 is 0.560 bits per heavy atom. The molecule has 4 nitrogen and oxygen atoms in total. The van der Waals surface area contributed by atoms with Gasteiger partial charge in [-0.3, -0.25) is 0 Å². The van der Waals surface area contributed by atoms with E-state index in [9.17, 15) is 0 Å². The number of rotatable bonds is 7. The molecule has 462 valence electrons. The molecule has 0 spiro atoms. The van der Waals surface area contributed by atoms with Crippen molar-refractivity contribution in [2.75, 3.05) is 0 Å². The zero-order valence-electron chi connectivity index (χ0n) is 53.8. The van der Waals surface area contributed by atoms with Crippen LogP contribution in [0.3, 0.4) is 0 Å². The number of para-hydroxylation sites is 2. The quantitative estimate of drug-likeness (QED) is 0.149. The van der Waals surface area contributed by atoms with Gasteiger partial charge in [-0.2, -0.15) is 0 Å². The molecule has 0 atom stereocenters. The molecule has 0 aliphatic heterocycles. The first-order chi connectivity index (χ1) is 49.6. The average molecular weight is 1270 g/mol. The minimum atomic E-state index is 0.816. The second-order valence-electron chi connectivity index (χ2n) is 26.7. The van der Waals surface area contributed by atoms with Crippen LogP contribution < -0.4 is 0 Å². The SMILES string of the molecule is c1cc(-c2c3ccccc3c(-c3ccc4oc5ccccc5c4c3)c3ccccc23)cc(-c2cccc3oc4cc(-c5ccc(-c6c7ccccc7c(-c7ccc(-c8cccc9oc%10ccc%11ccccc%11c%10c89)cc7)c7ccccc67)c6c5oc5ccccc56)c5ccccc5c4c23)c1. The van der Waals surface area contributed by atoms with Crippen molar-refractivity contribution in [3.8, 4) is 77.9 Å². The molecule has 4 aromatic heterocycles. The van der Waals surface area contributed by atoms with Gasteiger partial charge in [-0.25, -0.2) is 0 Å². The first-order valence-electron chi connectivity index (χ1n) is 34.3. The van der Waals surface area contributed by atoms with Gasteiger partial charge < -0.3 is 17.7 Å². The highest BCUT2D eigenvalue weighted by Crippen LogP contribution is 2.53. The van der Waals surface area contributed by atoms with E-state index < -0.39 is 0 Å². The first-order valence-corrected chi connectivity index (χ1v) is 34.3. The van der Waals surface area contributed by atoms with Gasteiger partial charge in [0.05, 0.1) is 0 Å². The lowest BCUT2D eigenvalue weighted by molar-refractivity contribution is 0.668. The third kappa shape index (κ3) is 7.93. The summed E-state index contributed by atoms with van der Waals surface area (Å²) in [5.74, 6) is 0. The van der Waals surface area contributed by atoms with Crippen LogP contribution in [-0.4, -0.2) is 0 Å². The van der Waals surface area contributed by atoms with E-state index in [1.165, 1.54) is 76.1 Å². The van der Waals surface area contributed by atoms with Crippen LogP contribution in [0.1, 0.15) is 0 Å². The van der Waals surface area contributed by atoms with Crippen LogP contribution in [0.4, 0.5) is 0 Å². The molecule has 4 heterocycles. The zero-order chi connectivity index (χ0) is 65.3. The number of hydrogen-bond acceptors (Lipinski definition) is 4. The maximum atomic E-state index is 7.24. The van der Waals surface area contributed by atoms with Gasteiger partial charge in [0.15, 0.2) is 0 Å². The lowest BCUT2D eigenvalue weighted by atomic mass is 9.83. The summed E-state index contributed by atoms with van der Waals surface area (Å²) in [5.41, 5.74) is 22.8. The number of fused-ring (bicyclic) bond motifs is 20. The van der Waals surface area contributed by atoms with Gasteiger partial charge in [0.25, 0.3) is 0 Å². The van der Waals surface area contributed by atoms with E-state index in [0.29, 0.717) is 0 Å². The summed E-state index contributed by atoms with van der Waals surface area (Å²) in [6, 6.07) is 119. The second kappa shape index (κ2) is 21.1. The van der Waals surface area contributed by atoms with E-state index in [1.54, 1.807) is 0 Å². The summed E-state index contributed by atoms with van der Waals surface area (Å²) in [7, 11) is 0. The normalized spacial score (nSPS) is 12.2. The van der Waals surface area contributed by atoms with Crippen molar-refractivity contribution in [2.45, 2.75) is 0 Å². The predicted molar refractivity (Wildman–Crippen MR) is 419 cm³/mol. The highest BCUT2D eigenvalue weighted by Gasteiger charge is 2.27. The van der Waals surface area contributed by atoms with Crippen molar-refractivity contribution < 1.29 is 17.7 Å². The zero-order valence-corrected chi connectivity index (χ0v) is 53.8. The molecule has 0 bridgehead atoms. The van der Waals surface area contributed by atoms with Gasteiger partial charge in [-0.1, -0.05) is 267 Å². The molecule has 100 heavy (non-hydrogen) atoms. The van der Waals surface area contributed by atoms with Crippen LogP contribution in [0.5, 0.6) is 0 Å². The molecule has 0 saturated carbocycles. The van der Waals surface area contributed by atoms with Crippen LogP contribution in [0.15, 0.2) is 345 Å². The first kappa shape index (κ1) is 54.9. The Morgan fingerprint density at radius 1 is 0.150 bits per heavy atom. The van der Waals surface area contributed by atoms with Crippen molar-refractivity contribution in [3.05, 3.63) is 328 Å². The van der Waals surface area contributed by atoms with E-state index in [4.69, 9.17) is 17.7 Å². The molecular formula is C96H54O4. The standard InChI is InChI=1S/C96H54O4/c1-2-23-61-55(20-1)46-51-85-93(61)92-62(36-18-40-83(92)98-85)56-42-44-57(45-43-56)87-71-31-9-11-33-73(71)90(74-34-12-10-32-72(74)87)77-49-48-75(96-91(77)76-35-14-16-39-81(76)100-96)78-54-86-95(66-26-4-3-24-64(66)78)94-63(37-19-41-84(94)99-86)58-21-17-22-59(52-58)88-67-27-5-7-29-69(67)89(70-30-8-6-28-68(70)88)60-47-50-82-79(53-60)65-25-13-15-38-80(65)97-82/h1-54H. The Bertz CT molecular complexity index is 7160. The summed E-state index contributed by atoms with van der Waals surface area (Å²) in [5, 5.41) is 23.0. The summed E-state index contributed by atoms with van der Waals surface area (Å²) < 4.78 is 27.2. The fourth-order valence-electron chi connectivity index (χ4n) is 17.2. The summed E-state index contributed by atoms with van der Waals surface area (Å²) in [6.07, 6.45) is 0. The van der Waals surface area contributed by atoms with Crippen LogP contribution in [0.25, 0.3) is 230 Å². The molecule has 22 aromatic rings. The second-order valence-corrected chi connectivity index (χ2v) is 26.7. The molecule has 0 fully saturated rings. The van der Waals surface area contributed by atoms with Crippen molar-refractivity contribution in [1.82, 2.24) is 0 Å². The van der Waals surface area contributed by atoms with E-state index >= 15 is 0 Å². The summed E-state index contributed by atoms with van der Waals surface area (Å²) in [4.78, 5) is 0. The molecule has 18 aromatic carbocycles. The summed E-state index contributed by atoms with van der Waals surface area (Å²) >= 11 is 0. The van der Waals surface area contributed by atoms with Crippen molar-refractivity contribution >= 4 is 152 Å². The lowest BCUT2D eigenvalue weighted by Crippen LogP contribution is -1.92. The Labute approximate surface area is 572 Å². The maximum Gasteiger partial charge on any atom is 0.143 e. The van der Waals surface area contributed by atoms with Gasteiger partial charge in [0.1, 0.15) is 44.7 Å². The molecular weight excluding hydrogens is 1220 g/mol. The fourth-order valence-corrected chi connectivity index (χ4v) is 17.2. The van der Waals surface area contributed by atoms with Crippen LogP contribution >= 0.6 is 0 Å². The third-order valence-corrected chi connectivity index (χ3v) is 21.5. The Balaban J connectivity index is 0.688. The molecule has 0 radical (unpaired) electrons. The molecule has 0 aliphatic carbocycles. The predicted octanol–water partition coefficient (Wildman–Crippen LogP) is 27.9. The number of furan rings is 4. The smallest absolute Gasteiger partial charge is 0.143 e. The van der Waals surface area contributed by atoms with E-state index in [-0.39, 0.29) is 0 Å². The van der Waals surface area contributed by atoms with Gasteiger partial charge in [-0.15, -0.1) is 0 Å². The molecule has 0 amide bonds. The molecule has 22 rings (SSSR count). The van der Waals surface area contributed by atoms with Gasteiger partial charge in [0, 0.05) is 48.7 Å². The van der Waals surface area contributed by atoms with Crippen LogP contribution in [0.2, 0.25) is 0 Å². The highest BCUT2D eigenvalue weighted by atomic mass is 16.3. The van der Waals surface area contributed by atoms with E-state index in [0.717, 1.165) is 154 Å². The number of hydrogen-bond donors (Lipinski definition) is 0. The van der Waals surface area contributed by atoms with Crippen molar-refractivity contribution in [2.24, 2.45) is 0 Å². The topological polar surface area (TPSA) is 52.6 Å². The maximum absolute atomic E-state index is 7.24. The van der Waals surface area contributed by atoms with Crippen molar-refractivity contribution in [1.29, 1.82) is 0 Å². The average Bonchev–Trinajstić information content (AvgIpc) is 1.26. The summed E-state index contributed by atoms with van der Waals surface area (Å²) in [6.45, 7) is 0. The lowest BCUT2D eigenvalue weighted by Gasteiger charge is -2.19. The molecule has 4 heteroatoms. The molecule has 0 aliphatic rings. The highest BCUT2D eigenvalue weighted by molar-refractivity contribution is 6.31. The Kier molecular flexibility index (Phi) is 11.6. The third-order valence-electron chi connectivity index (χ3n) is 21.5. The monoisotopic (exact) mass is 1270 g/mol. The molecule has 0 unspecified atom stereocenters. The van der Waals surface area contributed by atoms with Gasteiger partial charge in [0.2, 0.25) is 0 Å². The van der Waals surface area contributed by atoms with E-state index in [1.807, 2.05) is 12.1 Å². The van der Waals surface area contributed by atoms with Crippen LogP contribution in [0, 0.1) is 0 Å². The minimum absolute atomic E-state index is 0.816. The van der Waals surface area contributed by atoms with E-state index in [2.05, 4.69) is 315 Å².